The van der Waals surface area contributed by atoms with Gasteiger partial charge in [0.25, 0.3) is 10.0 Å². The monoisotopic (exact) mass is 197 g/mol. The molecule has 2 aromatic rings. The van der Waals surface area contributed by atoms with Crippen molar-refractivity contribution in [2.75, 3.05) is 0 Å². The Bertz CT molecular complexity index is 544. The van der Waals surface area contributed by atoms with E-state index in [4.69, 9.17) is 5.14 Å². The largest absolute Gasteiger partial charge is 0.346 e. The molecule has 0 aliphatic carbocycles. The Morgan fingerprint density at radius 3 is 2.77 bits per heavy atom. The maximum Gasteiger partial charge on any atom is 0.255 e. The minimum Gasteiger partial charge on any atom is -0.346 e. The normalized spacial score (nSPS) is 12.1. The summed E-state index contributed by atoms with van der Waals surface area (Å²) in [6.45, 7) is 0. The van der Waals surface area contributed by atoms with Crippen molar-refractivity contribution in [3.63, 3.8) is 0 Å². The highest BCUT2D eigenvalue weighted by Crippen LogP contribution is 2.12. The molecule has 0 unspecified atom stereocenters. The number of H-pyrrole nitrogens is 1. The van der Waals surface area contributed by atoms with E-state index >= 15 is 0 Å². The number of rotatable bonds is 1. The zero-order valence-corrected chi connectivity index (χ0v) is 7.38. The summed E-state index contributed by atoms with van der Waals surface area (Å²) >= 11 is 0. The van der Waals surface area contributed by atoms with E-state index in [1.54, 1.807) is 18.3 Å². The van der Waals surface area contributed by atoms with E-state index in [-0.39, 0.29) is 5.03 Å². The van der Waals surface area contributed by atoms with Gasteiger partial charge in [0.1, 0.15) is 5.65 Å². The number of nitrogens with one attached hydrogen (secondary N) is 1. The third-order valence-electron chi connectivity index (χ3n) is 1.68. The molecule has 13 heavy (non-hydrogen) atoms. The van der Waals surface area contributed by atoms with Crippen LogP contribution >= 0.6 is 0 Å². The van der Waals surface area contributed by atoms with E-state index in [1.165, 1.54) is 6.07 Å². The fourth-order valence-corrected chi connectivity index (χ4v) is 1.55. The van der Waals surface area contributed by atoms with Gasteiger partial charge in [-0.2, -0.15) is 0 Å². The zero-order chi connectivity index (χ0) is 9.47. The quantitative estimate of drug-likeness (QED) is 0.684. The smallest absolute Gasteiger partial charge is 0.255 e. The first kappa shape index (κ1) is 8.21. The molecule has 0 bridgehead atoms. The summed E-state index contributed by atoms with van der Waals surface area (Å²) in [5.74, 6) is 0. The Morgan fingerprint density at radius 1 is 1.31 bits per heavy atom. The van der Waals surface area contributed by atoms with Crippen LogP contribution in [-0.2, 0) is 10.0 Å². The molecule has 5 nitrogen and oxygen atoms in total. The molecule has 0 aromatic carbocycles. The summed E-state index contributed by atoms with van der Waals surface area (Å²) in [4.78, 5) is 6.64. The number of primary sulfonamides is 1. The van der Waals surface area contributed by atoms with Crippen molar-refractivity contribution in [2.45, 2.75) is 5.03 Å². The number of sulfonamides is 1. The average Bonchev–Trinajstić information content (AvgIpc) is 2.47. The van der Waals surface area contributed by atoms with Crippen LogP contribution in [0.5, 0.6) is 0 Å². The van der Waals surface area contributed by atoms with Gasteiger partial charge in [0.2, 0.25) is 0 Å². The Hall–Kier alpha value is -1.40. The third-order valence-corrected chi connectivity index (χ3v) is 2.49. The van der Waals surface area contributed by atoms with Crippen LogP contribution in [-0.4, -0.2) is 18.4 Å². The molecule has 0 aliphatic heterocycles. The summed E-state index contributed by atoms with van der Waals surface area (Å²) in [7, 11) is -3.70. The number of hydrogen-bond donors (Lipinski definition) is 2. The van der Waals surface area contributed by atoms with Crippen molar-refractivity contribution in [2.24, 2.45) is 5.14 Å². The molecule has 3 N–H and O–H groups in total. The second-order valence-electron chi connectivity index (χ2n) is 2.61. The predicted molar refractivity (Wildman–Crippen MR) is 47.5 cm³/mol. The number of nitrogens with zero attached hydrogens (tertiary/aromatic N) is 1. The van der Waals surface area contributed by atoms with Crippen molar-refractivity contribution in [3.05, 3.63) is 24.4 Å². The van der Waals surface area contributed by atoms with Crippen LogP contribution in [0.1, 0.15) is 0 Å². The number of pyridine rings is 1. The number of hydrogen-bond acceptors (Lipinski definition) is 3. The lowest BCUT2D eigenvalue weighted by Crippen LogP contribution is -2.13. The van der Waals surface area contributed by atoms with E-state index < -0.39 is 10.0 Å². The maximum absolute atomic E-state index is 10.9. The predicted octanol–water partition coefficient (Wildman–Crippen LogP) is 0.210. The molecule has 0 spiro atoms. The van der Waals surface area contributed by atoms with Crippen molar-refractivity contribution in [1.29, 1.82) is 0 Å². The summed E-state index contributed by atoms with van der Waals surface area (Å²) < 4.78 is 21.8. The highest BCUT2D eigenvalue weighted by atomic mass is 32.2. The third kappa shape index (κ3) is 1.41. The van der Waals surface area contributed by atoms with E-state index in [0.29, 0.717) is 5.65 Å². The first-order chi connectivity index (χ1) is 6.07. The zero-order valence-electron chi connectivity index (χ0n) is 6.56. The minimum absolute atomic E-state index is 0.123. The van der Waals surface area contributed by atoms with Crippen LogP contribution in [0.15, 0.2) is 29.4 Å². The SMILES string of the molecule is NS(=O)(=O)c1ccc2cc[nH]c2n1. The molecule has 0 amide bonds. The second kappa shape index (κ2) is 2.54. The van der Waals surface area contributed by atoms with E-state index in [0.717, 1.165) is 5.39 Å². The molecule has 2 heterocycles. The molecule has 6 heteroatoms. The van der Waals surface area contributed by atoms with Crippen LogP contribution in [0.4, 0.5) is 0 Å². The van der Waals surface area contributed by atoms with Gasteiger partial charge in [0.05, 0.1) is 0 Å². The molecule has 2 rings (SSSR count). The average molecular weight is 197 g/mol. The summed E-state index contributed by atoms with van der Waals surface area (Å²) in [6, 6.07) is 4.83. The topological polar surface area (TPSA) is 88.8 Å². The first-order valence-electron chi connectivity index (χ1n) is 3.54. The molecule has 0 atom stereocenters. The fourth-order valence-electron chi connectivity index (χ4n) is 1.07. The Labute approximate surface area is 74.6 Å². The molecule has 68 valence electrons. The summed E-state index contributed by atoms with van der Waals surface area (Å²) in [6.07, 6.45) is 1.69. The van der Waals surface area contributed by atoms with Gasteiger partial charge >= 0.3 is 0 Å². The first-order valence-corrected chi connectivity index (χ1v) is 5.09. The van der Waals surface area contributed by atoms with Gasteiger partial charge in [-0.05, 0) is 18.2 Å². The molecule has 0 fully saturated rings. The van der Waals surface area contributed by atoms with E-state index in [9.17, 15) is 8.42 Å². The van der Waals surface area contributed by atoms with Gasteiger partial charge in [-0.15, -0.1) is 0 Å². The summed E-state index contributed by atoms with van der Waals surface area (Å²) in [5.41, 5.74) is 0.520. The van der Waals surface area contributed by atoms with Crippen LogP contribution in [0.2, 0.25) is 0 Å². The van der Waals surface area contributed by atoms with Gasteiger partial charge < -0.3 is 4.98 Å². The van der Waals surface area contributed by atoms with Crippen LogP contribution in [0.25, 0.3) is 11.0 Å². The lowest BCUT2D eigenvalue weighted by Gasteiger charge is -1.95. The number of aromatic amines is 1. The molecule has 0 saturated carbocycles. The standard InChI is InChI=1S/C7H7N3O2S/c8-13(11,12)6-2-1-5-3-4-9-7(5)10-6/h1-4H,(H,9,10)(H2,8,11,12). The van der Waals surface area contributed by atoms with Crippen molar-refractivity contribution >= 4 is 21.1 Å². The molecule has 0 radical (unpaired) electrons. The van der Waals surface area contributed by atoms with E-state index in [2.05, 4.69) is 9.97 Å². The van der Waals surface area contributed by atoms with Crippen LogP contribution < -0.4 is 5.14 Å². The number of nitrogens with two attached hydrogens (primary N) is 1. The molecule has 0 aliphatic rings. The van der Waals surface area contributed by atoms with Crippen molar-refractivity contribution in [1.82, 2.24) is 9.97 Å². The minimum atomic E-state index is -3.70. The van der Waals surface area contributed by atoms with Crippen LogP contribution in [0.3, 0.4) is 0 Å². The number of fused-ring (bicyclic) bond motifs is 1. The molecule has 2 aromatic heterocycles. The van der Waals surface area contributed by atoms with Gasteiger partial charge in [0, 0.05) is 11.6 Å². The Morgan fingerprint density at radius 2 is 2.08 bits per heavy atom. The second-order valence-corrected chi connectivity index (χ2v) is 4.12. The van der Waals surface area contributed by atoms with Gasteiger partial charge in [-0.3, -0.25) is 0 Å². The maximum atomic E-state index is 10.9. The lowest BCUT2D eigenvalue weighted by molar-refractivity contribution is 0.594. The Balaban J connectivity index is 2.75. The fraction of sp³-hybridized carbons (Fsp3) is 0. The van der Waals surface area contributed by atoms with Gasteiger partial charge in [-0.25, -0.2) is 18.5 Å². The lowest BCUT2D eigenvalue weighted by atomic mass is 10.3. The molecular weight excluding hydrogens is 190 g/mol. The van der Waals surface area contributed by atoms with Gasteiger partial charge in [0.15, 0.2) is 5.03 Å². The number of aromatic nitrogens is 2. The van der Waals surface area contributed by atoms with E-state index in [1.807, 2.05) is 0 Å². The molecular formula is C7H7N3O2S. The van der Waals surface area contributed by atoms with Crippen molar-refractivity contribution in [3.8, 4) is 0 Å². The van der Waals surface area contributed by atoms with Gasteiger partial charge in [-0.1, -0.05) is 0 Å². The highest BCUT2D eigenvalue weighted by molar-refractivity contribution is 7.89. The van der Waals surface area contributed by atoms with Crippen LogP contribution in [0, 0.1) is 0 Å². The Kier molecular flexibility index (Phi) is 1.61. The molecule has 0 saturated heterocycles. The summed E-state index contributed by atoms with van der Waals surface area (Å²) in [5, 5.41) is 5.64. The van der Waals surface area contributed by atoms with Crippen molar-refractivity contribution < 1.29 is 8.42 Å². The highest BCUT2D eigenvalue weighted by Gasteiger charge is 2.09.